The van der Waals surface area contributed by atoms with Crippen LogP contribution in [0.5, 0.6) is 5.75 Å². The van der Waals surface area contributed by atoms with Gasteiger partial charge in [0.15, 0.2) is 0 Å². The molecule has 0 saturated heterocycles. The first-order valence-corrected chi connectivity index (χ1v) is 9.27. The first-order valence-electron chi connectivity index (χ1n) is 8.10. The molecule has 26 heavy (non-hydrogen) atoms. The molecule has 0 fully saturated rings. The Morgan fingerprint density at radius 3 is 2.15 bits per heavy atom. The van der Waals surface area contributed by atoms with Gasteiger partial charge in [-0.25, -0.2) is 0 Å². The molecule has 0 unspecified atom stereocenters. The van der Waals surface area contributed by atoms with Crippen molar-refractivity contribution in [2.75, 3.05) is 5.32 Å². The van der Waals surface area contributed by atoms with E-state index in [1.165, 1.54) is 0 Å². The van der Waals surface area contributed by atoms with Gasteiger partial charge in [0.05, 0.1) is 6.42 Å². The van der Waals surface area contributed by atoms with Crippen molar-refractivity contribution in [3.8, 4) is 5.75 Å². The maximum atomic E-state index is 12.1. The molecule has 0 heterocycles. The number of amides is 1. The van der Waals surface area contributed by atoms with E-state index >= 15 is 0 Å². The largest absolute Gasteiger partial charge is 0.489 e. The number of carbonyl (C=O) groups excluding carboxylic acids is 1. The van der Waals surface area contributed by atoms with Crippen LogP contribution in [0.4, 0.5) is 5.69 Å². The Labute approximate surface area is 166 Å². The zero-order valence-corrected chi connectivity index (χ0v) is 16.3. The van der Waals surface area contributed by atoms with Gasteiger partial charge in [-0.05, 0) is 59.7 Å². The van der Waals surface area contributed by atoms with Gasteiger partial charge in [-0.3, -0.25) is 4.79 Å². The molecular weight excluding hydrogens is 414 g/mol. The molecule has 3 rings (SSSR count). The Morgan fingerprint density at radius 1 is 0.885 bits per heavy atom. The molecular formula is C21H17BrClNO2. The minimum absolute atomic E-state index is 0.0536. The van der Waals surface area contributed by atoms with Gasteiger partial charge in [0.2, 0.25) is 5.91 Å². The van der Waals surface area contributed by atoms with Crippen molar-refractivity contribution in [2.45, 2.75) is 13.0 Å². The molecule has 0 atom stereocenters. The van der Waals surface area contributed by atoms with Crippen LogP contribution in [0.25, 0.3) is 0 Å². The summed E-state index contributed by atoms with van der Waals surface area (Å²) in [6.07, 6.45) is 0.335. The topological polar surface area (TPSA) is 38.3 Å². The highest BCUT2D eigenvalue weighted by Crippen LogP contribution is 2.18. The molecule has 0 aromatic heterocycles. The van der Waals surface area contributed by atoms with Crippen molar-refractivity contribution in [2.24, 2.45) is 0 Å². The van der Waals surface area contributed by atoms with Crippen LogP contribution in [0.1, 0.15) is 11.1 Å². The van der Waals surface area contributed by atoms with E-state index < -0.39 is 0 Å². The summed E-state index contributed by atoms with van der Waals surface area (Å²) in [5.41, 5.74) is 2.75. The van der Waals surface area contributed by atoms with E-state index in [0.29, 0.717) is 18.1 Å². The predicted molar refractivity (Wildman–Crippen MR) is 109 cm³/mol. The second-order valence-corrected chi connectivity index (χ2v) is 7.14. The Morgan fingerprint density at radius 2 is 1.50 bits per heavy atom. The number of nitrogens with one attached hydrogen (secondary N) is 1. The second kappa shape index (κ2) is 8.88. The Hall–Kier alpha value is -2.30. The molecule has 0 radical (unpaired) electrons. The van der Waals surface area contributed by atoms with Crippen LogP contribution in [0, 0.1) is 0 Å². The quantitative estimate of drug-likeness (QED) is 0.532. The number of hydrogen-bond donors (Lipinski definition) is 1. The van der Waals surface area contributed by atoms with Crippen molar-refractivity contribution in [1.82, 2.24) is 0 Å². The molecule has 0 aliphatic heterocycles. The van der Waals surface area contributed by atoms with Gasteiger partial charge in [-0.1, -0.05) is 51.8 Å². The van der Waals surface area contributed by atoms with E-state index in [0.717, 1.165) is 27.0 Å². The molecule has 0 spiro atoms. The lowest BCUT2D eigenvalue weighted by molar-refractivity contribution is -0.115. The highest BCUT2D eigenvalue weighted by atomic mass is 79.9. The molecule has 3 aromatic rings. The standard InChI is InChI=1S/C21H17BrClNO2/c22-17-5-1-15(2-6-17)13-21(25)24-19-9-11-20(12-10-19)26-14-16-3-7-18(23)8-4-16/h1-12H,13-14H2,(H,24,25). The minimum Gasteiger partial charge on any atom is -0.489 e. The van der Waals surface area contributed by atoms with Gasteiger partial charge < -0.3 is 10.1 Å². The van der Waals surface area contributed by atoms with E-state index in [4.69, 9.17) is 16.3 Å². The van der Waals surface area contributed by atoms with Crippen LogP contribution in [0.2, 0.25) is 5.02 Å². The molecule has 5 heteroatoms. The van der Waals surface area contributed by atoms with Crippen LogP contribution < -0.4 is 10.1 Å². The second-order valence-electron chi connectivity index (χ2n) is 5.79. The average Bonchev–Trinajstić information content (AvgIpc) is 2.64. The third-order valence-electron chi connectivity index (χ3n) is 3.73. The van der Waals surface area contributed by atoms with E-state index in [9.17, 15) is 4.79 Å². The Kier molecular flexibility index (Phi) is 6.31. The number of halogens is 2. The lowest BCUT2D eigenvalue weighted by Gasteiger charge is -2.09. The zero-order valence-electron chi connectivity index (χ0n) is 13.9. The summed E-state index contributed by atoms with van der Waals surface area (Å²) in [7, 11) is 0. The SMILES string of the molecule is O=C(Cc1ccc(Br)cc1)Nc1ccc(OCc2ccc(Cl)cc2)cc1. The summed E-state index contributed by atoms with van der Waals surface area (Å²) >= 11 is 9.25. The van der Waals surface area contributed by atoms with Crippen LogP contribution in [0.3, 0.4) is 0 Å². The first kappa shape index (κ1) is 18.5. The summed E-state index contributed by atoms with van der Waals surface area (Å²) in [6.45, 7) is 0.465. The smallest absolute Gasteiger partial charge is 0.228 e. The molecule has 0 bridgehead atoms. The van der Waals surface area contributed by atoms with E-state index in [-0.39, 0.29) is 5.91 Å². The fourth-order valence-electron chi connectivity index (χ4n) is 2.37. The normalized spacial score (nSPS) is 10.4. The number of ether oxygens (including phenoxy) is 1. The molecule has 3 nitrogen and oxygen atoms in total. The zero-order chi connectivity index (χ0) is 18.4. The molecule has 0 aliphatic carbocycles. The highest BCUT2D eigenvalue weighted by molar-refractivity contribution is 9.10. The Bertz CT molecular complexity index is 862. The number of carbonyl (C=O) groups is 1. The maximum absolute atomic E-state index is 12.1. The average molecular weight is 431 g/mol. The molecule has 3 aromatic carbocycles. The van der Waals surface area contributed by atoms with Crippen molar-refractivity contribution in [3.63, 3.8) is 0 Å². The monoisotopic (exact) mass is 429 g/mol. The van der Waals surface area contributed by atoms with Crippen molar-refractivity contribution >= 4 is 39.1 Å². The van der Waals surface area contributed by atoms with Crippen molar-refractivity contribution in [1.29, 1.82) is 0 Å². The number of anilines is 1. The van der Waals surface area contributed by atoms with Crippen molar-refractivity contribution < 1.29 is 9.53 Å². The summed E-state index contributed by atoms with van der Waals surface area (Å²) in [5, 5.41) is 3.60. The lowest BCUT2D eigenvalue weighted by Crippen LogP contribution is -2.14. The summed E-state index contributed by atoms with van der Waals surface area (Å²) in [6, 6.07) is 22.6. The van der Waals surface area contributed by atoms with Gasteiger partial charge >= 0.3 is 0 Å². The van der Waals surface area contributed by atoms with Crippen LogP contribution in [0.15, 0.2) is 77.3 Å². The number of benzene rings is 3. The predicted octanol–water partition coefficient (Wildman–Crippen LogP) is 5.86. The van der Waals surface area contributed by atoms with Crippen molar-refractivity contribution in [3.05, 3.63) is 93.4 Å². The molecule has 0 aliphatic rings. The first-order chi connectivity index (χ1) is 12.6. The van der Waals surface area contributed by atoms with Gasteiger partial charge in [0.1, 0.15) is 12.4 Å². The Balaban J connectivity index is 1.51. The fourth-order valence-corrected chi connectivity index (χ4v) is 2.76. The number of rotatable bonds is 6. The van der Waals surface area contributed by atoms with Gasteiger partial charge in [0.25, 0.3) is 0 Å². The van der Waals surface area contributed by atoms with Crippen LogP contribution in [-0.4, -0.2) is 5.91 Å². The fraction of sp³-hybridized carbons (Fsp3) is 0.0952. The molecule has 132 valence electrons. The number of hydrogen-bond acceptors (Lipinski definition) is 2. The molecule has 0 saturated carbocycles. The van der Waals surface area contributed by atoms with E-state index in [2.05, 4.69) is 21.2 Å². The summed E-state index contributed by atoms with van der Waals surface area (Å²) < 4.78 is 6.73. The van der Waals surface area contributed by atoms with Gasteiger partial charge in [-0.2, -0.15) is 0 Å². The highest BCUT2D eigenvalue weighted by Gasteiger charge is 2.05. The van der Waals surface area contributed by atoms with Gasteiger partial charge in [-0.15, -0.1) is 0 Å². The molecule has 1 amide bonds. The third-order valence-corrected chi connectivity index (χ3v) is 4.52. The van der Waals surface area contributed by atoms with Crippen LogP contribution >= 0.6 is 27.5 Å². The summed E-state index contributed by atoms with van der Waals surface area (Å²) in [5.74, 6) is 0.688. The van der Waals surface area contributed by atoms with E-state index in [1.807, 2.05) is 72.8 Å². The van der Waals surface area contributed by atoms with E-state index in [1.54, 1.807) is 0 Å². The maximum Gasteiger partial charge on any atom is 0.228 e. The summed E-state index contributed by atoms with van der Waals surface area (Å²) in [4.78, 5) is 12.1. The van der Waals surface area contributed by atoms with Gasteiger partial charge in [0, 0.05) is 15.2 Å². The molecule has 1 N–H and O–H groups in total. The minimum atomic E-state index is -0.0536. The van der Waals surface area contributed by atoms with Crippen LogP contribution in [-0.2, 0) is 17.8 Å². The lowest BCUT2D eigenvalue weighted by atomic mass is 10.1. The third kappa shape index (κ3) is 5.61.